The van der Waals surface area contributed by atoms with Gasteiger partial charge in [-0.2, -0.15) is 0 Å². The predicted molar refractivity (Wildman–Crippen MR) is 82.1 cm³/mol. The van der Waals surface area contributed by atoms with Crippen LogP contribution in [0.5, 0.6) is 11.5 Å². The summed E-state index contributed by atoms with van der Waals surface area (Å²) in [5.74, 6) is 0.737. The van der Waals surface area contributed by atoms with Crippen molar-refractivity contribution in [3.63, 3.8) is 0 Å². The Bertz CT molecular complexity index is 557. The van der Waals surface area contributed by atoms with Crippen LogP contribution >= 0.6 is 0 Å². The Morgan fingerprint density at radius 3 is 2.52 bits per heavy atom. The van der Waals surface area contributed by atoms with Crippen LogP contribution in [-0.4, -0.2) is 16.8 Å². The van der Waals surface area contributed by atoms with Crippen LogP contribution in [0.3, 0.4) is 0 Å². The third-order valence-electron chi connectivity index (χ3n) is 3.32. The molecule has 0 saturated heterocycles. The van der Waals surface area contributed by atoms with Crippen LogP contribution in [0, 0.1) is 0 Å². The van der Waals surface area contributed by atoms with E-state index >= 15 is 0 Å². The fraction of sp³-hybridized carbons (Fsp3) is 0.294. The molecule has 112 valence electrons. The van der Waals surface area contributed by atoms with Gasteiger partial charge in [-0.3, -0.25) is 0 Å². The summed E-state index contributed by atoms with van der Waals surface area (Å²) >= 11 is 0. The van der Waals surface area contributed by atoms with Gasteiger partial charge in [-0.05, 0) is 24.5 Å². The average molecular weight is 287 g/mol. The maximum atomic E-state index is 10.0. The summed E-state index contributed by atoms with van der Waals surface area (Å²) in [6.45, 7) is 0.558. The fourth-order valence-electron chi connectivity index (χ4n) is 2.13. The Morgan fingerprint density at radius 2 is 1.86 bits per heavy atom. The lowest BCUT2D eigenvalue weighted by atomic mass is 10.0. The number of phenolic OH excluding ortho intramolecular Hbond substituents is 1. The summed E-state index contributed by atoms with van der Waals surface area (Å²) in [5.41, 5.74) is 7.73. The molecule has 0 amide bonds. The summed E-state index contributed by atoms with van der Waals surface area (Å²) < 4.78 is 5.65. The van der Waals surface area contributed by atoms with E-state index in [4.69, 9.17) is 15.6 Å². The quantitative estimate of drug-likeness (QED) is 0.732. The molecule has 1 atom stereocenters. The number of aliphatic hydroxyl groups is 1. The number of phenols is 1. The molecular weight excluding hydrogens is 266 g/mol. The van der Waals surface area contributed by atoms with E-state index in [1.807, 2.05) is 30.3 Å². The van der Waals surface area contributed by atoms with E-state index in [-0.39, 0.29) is 18.4 Å². The van der Waals surface area contributed by atoms with Gasteiger partial charge in [0.15, 0.2) is 0 Å². The molecule has 0 saturated carbocycles. The van der Waals surface area contributed by atoms with Gasteiger partial charge >= 0.3 is 0 Å². The standard InChI is InChI=1S/C17H21NO3/c18-16(7-4-10-19)15-9-8-14(11-17(15)20)21-12-13-5-2-1-3-6-13/h1-3,5-6,8-9,11,16,19-20H,4,7,10,12,18H2/t16-/m0/s1. The van der Waals surface area contributed by atoms with E-state index < -0.39 is 0 Å². The van der Waals surface area contributed by atoms with Crippen LogP contribution in [0.25, 0.3) is 0 Å². The first-order chi connectivity index (χ1) is 10.2. The zero-order chi connectivity index (χ0) is 15.1. The highest BCUT2D eigenvalue weighted by Crippen LogP contribution is 2.29. The van der Waals surface area contributed by atoms with Crippen LogP contribution < -0.4 is 10.5 Å². The average Bonchev–Trinajstić information content (AvgIpc) is 2.51. The first kappa shape index (κ1) is 15.4. The number of benzene rings is 2. The maximum absolute atomic E-state index is 10.0. The van der Waals surface area contributed by atoms with Crippen molar-refractivity contribution in [2.75, 3.05) is 6.61 Å². The van der Waals surface area contributed by atoms with E-state index in [2.05, 4.69) is 0 Å². The van der Waals surface area contributed by atoms with Crippen molar-refractivity contribution < 1.29 is 14.9 Å². The highest BCUT2D eigenvalue weighted by atomic mass is 16.5. The number of aromatic hydroxyl groups is 1. The van der Waals surface area contributed by atoms with Gasteiger partial charge in [0.25, 0.3) is 0 Å². The second kappa shape index (κ2) is 7.67. The van der Waals surface area contributed by atoms with Crippen LogP contribution in [0.15, 0.2) is 48.5 Å². The van der Waals surface area contributed by atoms with Gasteiger partial charge in [0.2, 0.25) is 0 Å². The van der Waals surface area contributed by atoms with Crippen molar-refractivity contribution in [1.82, 2.24) is 0 Å². The predicted octanol–water partition coefficient (Wildman–Crippen LogP) is 2.74. The summed E-state index contributed by atoms with van der Waals surface area (Å²) in [6.07, 6.45) is 1.25. The summed E-state index contributed by atoms with van der Waals surface area (Å²) in [5, 5.41) is 18.9. The van der Waals surface area contributed by atoms with Crippen molar-refractivity contribution in [3.05, 3.63) is 59.7 Å². The van der Waals surface area contributed by atoms with E-state index in [1.165, 1.54) is 0 Å². The van der Waals surface area contributed by atoms with Crippen molar-refractivity contribution in [2.45, 2.75) is 25.5 Å². The Kier molecular flexibility index (Phi) is 5.60. The molecule has 0 fully saturated rings. The molecule has 4 heteroatoms. The smallest absolute Gasteiger partial charge is 0.124 e. The van der Waals surface area contributed by atoms with E-state index in [0.717, 1.165) is 5.56 Å². The van der Waals surface area contributed by atoms with Gasteiger partial charge in [0, 0.05) is 24.3 Å². The lowest BCUT2D eigenvalue weighted by molar-refractivity contribution is 0.279. The number of ether oxygens (including phenoxy) is 1. The van der Waals surface area contributed by atoms with Gasteiger partial charge in [0.1, 0.15) is 18.1 Å². The van der Waals surface area contributed by atoms with Crippen LogP contribution in [0.2, 0.25) is 0 Å². The minimum absolute atomic E-state index is 0.104. The maximum Gasteiger partial charge on any atom is 0.124 e. The molecule has 4 nitrogen and oxygen atoms in total. The molecule has 21 heavy (non-hydrogen) atoms. The number of nitrogens with two attached hydrogens (primary N) is 1. The molecule has 0 aliphatic heterocycles. The van der Waals surface area contributed by atoms with Crippen molar-refractivity contribution in [1.29, 1.82) is 0 Å². The number of rotatable bonds is 7. The first-order valence-corrected chi connectivity index (χ1v) is 7.07. The third kappa shape index (κ3) is 4.48. The Hall–Kier alpha value is -2.04. The fourth-order valence-corrected chi connectivity index (χ4v) is 2.13. The molecule has 0 radical (unpaired) electrons. The summed E-state index contributed by atoms with van der Waals surface area (Å²) in [4.78, 5) is 0. The SMILES string of the molecule is N[C@@H](CCCO)c1ccc(OCc2ccccc2)cc1O. The second-order valence-electron chi connectivity index (χ2n) is 4.97. The summed E-state index contributed by atoms with van der Waals surface area (Å²) in [7, 11) is 0. The molecule has 0 bridgehead atoms. The van der Waals surface area contributed by atoms with E-state index in [1.54, 1.807) is 18.2 Å². The molecule has 0 aromatic heterocycles. The highest BCUT2D eigenvalue weighted by Gasteiger charge is 2.11. The van der Waals surface area contributed by atoms with Crippen LogP contribution in [-0.2, 0) is 6.61 Å². The largest absolute Gasteiger partial charge is 0.507 e. The molecular formula is C17H21NO3. The molecule has 4 N–H and O–H groups in total. The van der Waals surface area contributed by atoms with Crippen molar-refractivity contribution >= 4 is 0 Å². The highest BCUT2D eigenvalue weighted by molar-refractivity contribution is 5.41. The van der Waals surface area contributed by atoms with Gasteiger partial charge in [-0.1, -0.05) is 36.4 Å². The van der Waals surface area contributed by atoms with Crippen LogP contribution in [0.4, 0.5) is 0 Å². The monoisotopic (exact) mass is 287 g/mol. The molecule has 2 rings (SSSR count). The number of hydrogen-bond acceptors (Lipinski definition) is 4. The number of hydrogen-bond donors (Lipinski definition) is 3. The third-order valence-corrected chi connectivity index (χ3v) is 3.32. The van der Waals surface area contributed by atoms with Gasteiger partial charge in [0.05, 0.1) is 0 Å². The summed E-state index contributed by atoms with van der Waals surface area (Å²) in [6, 6.07) is 14.7. The van der Waals surface area contributed by atoms with Gasteiger partial charge in [-0.25, -0.2) is 0 Å². The van der Waals surface area contributed by atoms with Crippen molar-refractivity contribution in [2.24, 2.45) is 5.73 Å². The normalized spacial score (nSPS) is 12.1. The lowest BCUT2D eigenvalue weighted by Gasteiger charge is -2.14. The molecule has 2 aromatic carbocycles. The zero-order valence-corrected chi connectivity index (χ0v) is 11.9. The minimum Gasteiger partial charge on any atom is -0.507 e. The molecule has 0 unspecified atom stereocenters. The molecule has 0 aliphatic carbocycles. The molecule has 0 spiro atoms. The zero-order valence-electron chi connectivity index (χ0n) is 11.9. The Balaban J connectivity index is 1.98. The topological polar surface area (TPSA) is 75.7 Å². The first-order valence-electron chi connectivity index (χ1n) is 7.07. The lowest BCUT2D eigenvalue weighted by Crippen LogP contribution is -2.11. The van der Waals surface area contributed by atoms with Gasteiger partial charge < -0.3 is 20.7 Å². The molecule has 0 heterocycles. The van der Waals surface area contributed by atoms with E-state index in [9.17, 15) is 5.11 Å². The van der Waals surface area contributed by atoms with Gasteiger partial charge in [-0.15, -0.1) is 0 Å². The van der Waals surface area contributed by atoms with E-state index in [0.29, 0.717) is 30.8 Å². The Morgan fingerprint density at radius 1 is 1.10 bits per heavy atom. The number of aliphatic hydroxyl groups excluding tert-OH is 1. The Labute approximate surface area is 124 Å². The molecule has 0 aliphatic rings. The van der Waals surface area contributed by atoms with Crippen molar-refractivity contribution in [3.8, 4) is 11.5 Å². The minimum atomic E-state index is -0.277. The van der Waals surface area contributed by atoms with Crippen LogP contribution in [0.1, 0.15) is 30.0 Å². The second-order valence-corrected chi connectivity index (χ2v) is 4.97. The molecule has 2 aromatic rings.